The van der Waals surface area contributed by atoms with E-state index in [1.54, 1.807) is 24.3 Å². The van der Waals surface area contributed by atoms with Crippen LogP contribution in [-0.2, 0) is 6.61 Å². The molecule has 0 aliphatic rings. The summed E-state index contributed by atoms with van der Waals surface area (Å²) in [4.78, 5) is 10.2. The van der Waals surface area contributed by atoms with Crippen LogP contribution in [0.5, 0.6) is 5.75 Å². The van der Waals surface area contributed by atoms with Gasteiger partial charge in [0.1, 0.15) is 18.3 Å². The molecule has 0 atom stereocenters. The first-order chi connectivity index (χ1) is 9.97. The SMILES string of the molecule is N=C(N)c1cccc(COc2cc(F)ccc2[N+](=O)[O-])c1. The van der Waals surface area contributed by atoms with Crippen molar-refractivity contribution in [3.05, 3.63) is 69.5 Å². The van der Waals surface area contributed by atoms with Gasteiger partial charge in [0.25, 0.3) is 0 Å². The Bertz CT molecular complexity index is 704. The summed E-state index contributed by atoms with van der Waals surface area (Å²) in [5, 5.41) is 18.2. The Kier molecular flexibility index (Phi) is 4.13. The lowest BCUT2D eigenvalue weighted by Crippen LogP contribution is -2.11. The van der Waals surface area contributed by atoms with Gasteiger partial charge in [-0.1, -0.05) is 18.2 Å². The first-order valence-corrected chi connectivity index (χ1v) is 5.97. The summed E-state index contributed by atoms with van der Waals surface area (Å²) >= 11 is 0. The van der Waals surface area contributed by atoms with Gasteiger partial charge in [0.15, 0.2) is 5.75 Å². The van der Waals surface area contributed by atoms with Crippen LogP contribution in [0.3, 0.4) is 0 Å². The van der Waals surface area contributed by atoms with Crippen molar-refractivity contribution in [2.45, 2.75) is 6.61 Å². The lowest BCUT2D eigenvalue weighted by Gasteiger charge is -2.08. The van der Waals surface area contributed by atoms with Gasteiger partial charge in [0.05, 0.1) is 4.92 Å². The summed E-state index contributed by atoms with van der Waals surface area (Å²) in [6.45, 7) is 0.00537. The maximum Gasteiger partial charge on any atom is 0.311 e. The molecule has 0 spiro atoms. The van der Waals surface area contributed by atoms with Crippen LogP contribution in [0.4, 0.5) is 10.1 Å². The van der Waals surface area contributed by atoms with E-state index in [-0.39, 0.29) is 23.9 Å². The van der Waals surface area contributed by atoms with Crippen molar-refractivity contribution in [1.82, 2.24) is 0 Å². The van der Waals surface area contributed by atoms with Crippen LogP contribution in [0.25, 0.3) is 0 Å². The molecule has 108 valence electrons. The number of nitrogens with one attached hydrogen (secondary N) is 1. The molecule has 0 aliphatic carbocycles. The van der Waals surface area contributed by atoms with E-state index in [9.17, 15) is 14.5 Å². The summed E-state index contributed by atoms with van der Waals surface area (Å²) in [6, 6.07) is 9.72. The Labute approximate surface area is 119 Å². The number of ether oxygens (including phenoxy) is 1. The zero-order chi connectivity index (χ0) is 15.4. The molecular formula is C14H12FN3O3. The zero-order valence-corrected chi connectivity index (χ0v) is 10.9. The first kappa shape index (κ1) is 14.4. The zero-order valence-electron chi connectivity index (χ0n) is 10.9. The highest BCUT2D eigenvalue weighted by molar-refractivity contribution is 5.95. The highest BCUT2D eigenvalue weighted by Gasteiger charge is 2.16. The molecule has 0 fully saturated rings. The van der Waals surface area contributed by atoms with E-state index in [0.29, 0.717) is 11.1 Å². The minimum atomic E-state index is -0.638. The molecule has 2 rings (SSSR count). The predicted molar refractivity (Wildman–Crippen MR) is 74.8 cm³/mol. The second kappa shape index (κ2) is 6.00. The maximum absolute atomic E-state index is 13.2. The topological polar surface area (TPSA) is 102 Å². The molecule has 0 aliphatic heterocycles. The number of nitrogens with two attached hydrogens (primary N) is 1. The van der Waals surface area contributed by atoms with Crippen molar-refractivity contribution < 1.29 is 14.1 Å². The highest BCUT2D eigenvalue weighted by atomic mass is 19.1. The first-order valence-electron chi connectivity index (χ1n) is 5.97. The average Bonchev–Trinajstić information content (AvgIpc) is 2.45. The Morgan fingerprint density at radius 3 is 2.76 bits per heavy atom. The lowest BCUT2D eigenvalue weighted by molar-refractivity contribution is -0.386. The molecule has 0 unspecified atom stereocenters. The van der Waals surface area contributed by atoms with Crippen molar-refractivity contribution >= 4 is 11.5 Å². The Morgan fingerprint density at radius 2 is 2.10 bits per heavy atom. The van der Waals surface area contributed by atoms with Crippen LogP contribution in [-0.4, -0.2) is 10.8 Å². The lowest BCUT2D eigenvalue weighted by atomic mass is 10.1. The van der Waals surface area contributed by atoms with E-state index in [2.05, 4.69) is 0 Å². The van der Waals surface area contributed by atoms with E-state index < -0.39 is 10.7 Å². The van der Waals surface area contributed by atoms with Crippen molar-refractivity contribution in [2.75, 3.05) is 0 Å². The summed E-state index contributed by atoms with van der Waals surface area (Å²) in [6.07, 6.45) is 0. The Hall–Kier alpha value is -2.96. The number of nitrogen functional groups attached to an aromatic ring is 1. The van der Waals surface area contributed by atoms with Gasteiger partial charge in [-0.05, 0) is 17.7 Å². The predicted octanol–water partition coefficient (Wildman–Crippen LogP) is 2.60. The third kappa shape index (κ3) is 3.53. The molecule has 6 nitrogen and oxygen atoms in total. The van der Waals surface area contributed by atoms with Crippen LogP contribution < -0.4 is 10.5 Å². The van der Waals surface area contributed by atoms with Gasteiger partial charge in [0.2, 0.25) is 0 Å². The number of nitro groups is 1. The van der Waals surface area contributed by atoms with Gasteiger partial charge in [-0.15, -0.1) is 0 Å². The van der Waals surface area contributed by atoms with Crippen molar-refractivity contribution in [1.29, 1.82) is 5.41 Å². The van der Waals surface area contributed by atoms with E-state index in [0.717, 1.165) is 18.2 Å². The standard InChI is InChI=1S/C14H12FN3O3/c15-11-4-5-12(18(19)20)13(7-11)21-8-9-2-1-3-10(6-9)14(16)17/h1-7H,8H2,(H3,16,17). The maximum atomic E-state index is 13.2. The van der Waals surface area contributed by atoms with Gasteiger partial charge >= 0.3 is 5.69 Å². The summed E-state index contributed by atoms with van der Waals surface area (Å²) in [7, 11) is 0. The fourth-order valence-corrected chi connectivity index (χ4v) is 1.74. The van der Waals surface area contributed by atoms with Gasteiger partial charge in [-0.2, -0.15) is 0 Å². The van der Waals surface area contributed by atoms with E-state index in [4.69, 9.17) is 15.9 Å². The number of halogens is 1. The Morgan fingerprint density at radius 1 is 1.33 bits per heavy atom. The molecule has 0 bridgehead atoms. The Balaban J connectivity index is 2.20. The van der Waals surface area contributed by atoms with Crippen molar-refractivity contribution in [2.24, 2.45) is 5.73 Å². The van der Waals surface area contributed by atoms with E-state index >= 15 is 0 Å². The molecule has 0 saturated heterocycles. The number of hydrogen-bond donors (Lipinski definition) is 2. The fraction of sp³-hybridized carbons (Fsp3) is 0.0714. The average molecular weight is 289 g/mol. The van der Waals surface area contributed by atoms with Crippen LogP contribution >= 0.6 is 0 Å². The van der Waals surface area contributed by atoms with Crippen molar-refractivity contribution in [3.63, 3.8) is 0 Å². The number of nitrogens with zero attached hydrogens (tertiary/aromatic N) is 1. The molecule has 3 N–H and O–H groups in total. The quantitative estimate of drug-likeness (QED) is 0.382. The molecular weight excluding hydrogens is 277 g/mol. The molecule has 2 aromatic rings. The second-order valence-electron chi connectivity index (χ2n) is 4.27. The number of benzene rings is 2. The molecule has 2 aromatic carbocycles. The molecule has 0 saturated carbocycles. The normalized spacial score (nSPS) is 10.1. The molecule has 0 radical (unpaired) electrons. The van der Waals surface area contributed by atoms with Crippen molar-refractivity contribution in [3.8, 4) is 5.75 Å². The monoisotopic (exact) mass is 289 g/mol. The summed E-state index contributed by atoms with van der Waals surface area (Å²) in [5.74, 6) is -0.852. The second-order valence-corrected chi connectivity index (χ2v) is 4.27. The van der Waals surface area contributed by atoms with Crippen LogP contribution in [0.15, 0.2) is 42.5 Å². The van der Waals surface area contributed by atoms with Gasteiger partial charge < -0.3 is 10.5 Å². The fourth-order valence-electron chi connectivity index (χ4n) is 1.74. The number of hydrogen-bond acceptors (Lipinski definition) is 4. The van der Waals surface area contributed by atoms with Gasteiger partial charge in [-0.25, -0.2) is 4.39 Å². The highest BCUT2D eigenvalue weighted by Crippen LogP contribution is 2.28. The smallest absolute Gasteiger partial charge is 0.311 e. The van der Waals surface area contributed by atoms with E-state index in [1.165, 1.54) is 0 Å². The molecule has 21 heavy (non-hydrogen) atoms. The molecule has 7 heteroatoms. The van der Waals surface area contributed by atoms with Gasteiger partial charge in [-0.3, -0.25) is 15.5 Å². The van der Waals surface area contributed by atoms with Crippen LogP contribution in [0.2, 0.25) is 0 Å². The van der Waals surface area contributed by atoms with Crippen LogP contribution in [0.1, 0.15) is 11.1 Å². The third-order valence-corrected chi connectivity index (χ3v) is 2.75. The largest absolute Gasteiger partial charge is 0.482 e. The van der Waals surface area contributed by atoms with Crippen LogP contribution in [0, 0.1) is 21.3 Å². The minimum absolute atomic E-state index is 0.00537. The number of amidine groups is 1. The number of nitro benzene ring substituents is 1. The molecule has 0 amide bonds. The third-order valence-electron chi connectivity index (χ3n) is 2.75. The van der Waals surface area contributed by atoms with E-state index in [1.807, 2.05) is 0 Å². The number of rotatable bonds is 5. The van der Waals surface area contributed by atoms with Gasteiger partial charge in [0, 0.05) is 17.7 Å². The minimum Gasteiger partial charge on any atom is -0.482 e. The molecule has 0 heterocycles. The summed E-state index contributed by atoms with van der Waals surface area (Å²) < 4.78 is 18.5. The summed E-state index contributed by atoms with van der Waals surface area (Å²) in [5.41, 5.74) is 6.26. The molecule has 0 aromatic heterocycles.